The minimum atomic E-state index is 0.304. The molecule has 1 aliphatic rings. The van der Waals surface area contributed by atoms with Crippen molar-refractivity contribution in [2.45, 2.75) is 39.2 Å². The van der Waals surface area contributed by atoms with Gasteiger partial charge >= 0.3 is 0 Å². The number of hydrogen-bond acceptors (Lipinski definition) is 4. The van der Waals surface area contributed by atoms with Gasteiger partial charge in [-0.25, -0.2) is 0 Å². The summed E-state index contributed by atoms with van der Waals surface area (Å²) in [5.41, 5.74) is 8.31. The summed E-state index contributed by atoms with van der Waals surface area (Å²) in [6.07, 6.45) is 3.23. The van der Waals surface area contributed by atoms with E-state index in [4.69, 9.17) is 15.2 Å². The number of aryl methyl sites for hydroxylation is 1. The molecule has 1 atom stereocenters. The van der Waals surface area contributed by atoms with E-state index >= 15 is 0 Å². The summed E-state index contributed by atoms with van der Waals surface area (Å²) in [4.78, 5) is 0. The Balaban J connectivity index is 1.74. The molecule has 0 fully saturated rings. The number of fused-ring (bicyclic) bond motifs is 1. The average Bonchev–Trinajstić information content (AvgIpc) is 2.80. The van der Waals surface area contributed by atoms with E-state index in [1.165, 1.54) is 11.1 Å². The fourth-order valence-corrected chi connectivity index (χ4v) is 2.25. The molecule has 1 heterocycles. The Morgan fingerprint density at radius 2 is 2.00 bits per heavy atom. The maximum atomic E-state index is 5.72. The molecule has 1 aromatic rings. The standard InChI is InChI=1S/C15H24N2O2/c1-11-8-14-15(19-10-18-14)9-13(11)5-7-17-6-3-4-12(2)16/h8-9,12,17H,3-7,10,16H2,1-2H3. The third kappa shape index (κ3) is 4.11. The highest BCUT2D eigenvalue weighted by atomic mass is 16.7. The quantitative estimate of drug-likeness (QED) is 0.739. The van der Waals surface area contributed by atoms with Crippen molar-refractivity contribution >= 4 is 0 Å². The maximum Gasteiger partial charge on any atom is 0.231 e. The molecule has 2 rings (SSSR count). The molecule has 0 saturated carbocycles. The van der Waals surface area contributed by atoms with Gasteiger partial charge in [-0.2, -0.15) is 0 Å². The first-order chi connectivity index (χ1) is 9.16. The highest BCUT2D eigenvalue weighted by molar-refractivity contribution is 5.48. The summed E-state index contributed by atoms with van der Waals surface area (Å²) in [5, 5.41) is 3.46. The largest absolute Gasteiger partial charge is 0.454 e. The topological polar surface area (TPSA) is 56.5 Å². The van der Waals surface area contributed by atoms with Gasteiger partial charge in [0.2, 0.25) is 6.79 Å². The summed E-state index contributed by atoms with van der Waals surface area (Å²) in [5.74, 6) is 1.74. The molecular formula is C15H24N2O2. The number of ether oxygens (including phenoxy) is 2. The Morgan fingerprint density at radius 1 is 1.26 bits per heavy atom. The lowest BCUT2D eigenvalue weighted by Gasteiger charge is -2.09. The Hall–Kier alpha value is -1.26. The molecule has 0 spiro atoms. The van der Waals surface area contributed by atoms with Crippen molar-refractivity contribution in [3.05, 3.63) is 23.3 Å². The maximum absolute atomic E-state index is 5.72. The van der Waals surface area contributed by atoms with Gasteiger partial charge < -0.3 is 20.5 Å². The Bertz CT molecular complexity index is 419. The van der Waals surface area contributed by atoms with E-state index in [2.05, 4.69) is 31.3 Å². The van der Waals surface area contributed by atoms with Gasteiger partial charge in [0.25, 0.3) is 0 Å². The van der Waals surface area contributed by atoms with Crippen molar-refractivity contribution in [2.24, 2.45) is 5.73 Å². The van der Waals surface area contributed by atoms with Crippen LogP contribution in [0.5, 0.6) is 11.5 Å². The van der Waals surface area contributed by atoms with E-state index < -0.39 is 0 Å². The van der Waals surface area contributed by atoms with Gasteiger partial charge in [0.05, 0.1) is 0 Å². The molecule has 106 valence electrons. The second-order valence-electron chi connectivity index (χ2n) is 5.25. The van der Waals surface area contributed by atoms with E-state index in [1.807, 2.05) is 0 Å². The summed E-state index contributed by atoms with van der Waals surface area (Å²) >= 11 is 0. The van der Waals surface area contributed by atoms with Crippen molar-refractivity contribution in [2.75, 3.05) is 19.9 Å². The first kappa shape index (κ1) is 14.2. The molecule has 1 aliphatic heterocycles. The number of nitrogens with one attached hydrogen (secondary N) is 1. The average molecular weight is 264 g/mol. The molecule has 0 bridgehead atoms. The fourth-order valence-electron chi connectivity index (χ4n) is 2.25. The van der Waals surface area contributed by atoms with Gasteiger partial charge in [0, 0.05) is 6.04 Å². The second-order valence-corrected chi connectivity index (χ2v) is 5.25. The van der Waals surface area contributed by atoms with E-state index in [1.54, 1.807) is 0 Å². The van der Waals surface area contributed by atoms with Crippen molar-refractivity contribution in [3.8, 4) is 11.5 Å². The molecule has 0 amide bonds. The van der Waals surface area contributed by atoms with Crippen LogP contribution in [0.15, 0.2) is 12.1 Å². The zero-order valence-corrected chi connectivity index (χ0v) is 11.9. The zero-order valence-electron chi connectivity index (χ0n) is 11.9. The molecule has 3 N–H and O–H groups in total. The van der Waals surface area contributed by atoms with Crippen LogP contribution in [0.3, 0.4) is 0 Å². The second kappa shape index (κ2) is 6.78. The van der Waals surface area contributed by atoms with Crippen molar-refractivity contribution in [3.63, 3.8) is 0 Å². The molecule has 0 aliphatic carbocycles. The van der Waals surface area contributed by atoms with Crippen LogP contribution in [0.1, 0.15) is 30.9 Å². The lowest BCUT2D eigenvalue weighted by molar-refractivity contribution is 0.174. The van der Waals surface area contributed by atoms with E-state index in [0.29, 0.717) is 12.8 Å². The van der Waals surface area contributed by atoms with Crippen LogP contribution < -0.4 is 20.5 Å². The van der Waals surface area contributed by atoms with Crippen molar-refractivity contribution in [1.29, 1.82) is 0 Å². The minimum Gasteiger partial charge on any atom is -0.454 e. The summed E-state index contributed by atoms with van der Waals surface area (Å²) in [6.45, 7) is 6.53. The molecule has 4 nitrogen and oxygen atoms in total. The van der Waals surface area contributed by atoms with Crippen LogP contribution in [0.4, 0.5) is 0 Å². The third-order valence-corrected chi connectivity index (χ3v) is 3.42. The predicted molar refractivity (Wildman–Crippen MR) is 76.8 cm³/mol. The molecule has 19 heavy (non-hydrogen) atoms. The fraction of sp³-hybridized carbons (Fsp3) is 0.600. The van der Waals surface area contributed by atoms with Crippen molar-refractivity contribution in [1.82, 2.24) is 5.32 Å². The summed E-state index contributed by atoms with van der Waals surface area (Å²) in [7, 11) is 0. The third-order valence-electron chi connectivity index (χ3n) is 3.42. The molecular weight excluding hydrogens is 240 g/mol. The van der Waals surface area contributed by atoms with Gasteiger partial charge in [-0.1, -0.05) is 0 Å². The van der Waals surface area contributed by atoms with Crippen LogP contribution in [0.2, 0.25) is 0 Å². The molecule has 1 aromatic carbocycles. The number of nitrogens with two attached hydrogens (primary N) is 1. The number of hydrogen-bond donors (Lipinski definition) is 2. The summed E-state index contributed by atoms with van der Waals surface area (Å²) in [6, 6.07) is 4.47. The van der Waals surface area contributed by atoms with Crippen molar-refractivity contribution < 1.29 is 9.47 Å². The predicted octanol–water partition coefficient (Wildman–Crippen LogP) is 1.98. The highest BCUT2D eigenvalue weighted by Crippen LogP contribution is 2.34. The zero-order chi connectivity index (χ0) is 13.7. The molecule has 0 saturated heterocycles. The summed E-state index contributed by atoms with van der Waals surface area (Å²) < 4.78 is 10.8. The normalized spacial score (nSPS) is 14.7. The lowest BCUT2D eigenvalue weighted by atomic mass is 10.0. The lowest BCUT2D eigenvalue weighted by Crippen LogP contribution is -2.22. The van der Waals surface area contributed by atoms with E-state index in [0.717, 1.165) is 43.9 Å². The monoisotopic (exact) mass is 264 g/mol. The van der Waals surface area contributed by atoms with Crippen LogP contribution in [-0.4, -0.2) is 25.9 Å². The first-order valence-electron chi connectivity index (χ1n) is 7.02. The Morgan fingerprint density at radius 3 is 2.74 bits per heavy atom. The van der Waals surface area contributed by atoms with Gasteiger partial charge in [0.15, 0.2) is 11.5 Å². The Labute approximate surface area is 115 Å². The Kier molecular flexibility index (Phi) is 5.05. The highest BCUT2D eigenvalue weighted by Gasteiger charge is 2.15. The molecule has 4 heteroatoms. The van der Waals surface area contributed by atoms with Crippen LogP contribution in [-0.2, 0) is 6.42 Å². The smallest absolute Gasteiger partial charge is 0.231 e. The molecule has 0 radical (unpaired) electrons. The van der Waals surface area contributed by atoms with E-state index in [-0.39, 0.29) is 0 Å². The molecule has 0 aromatic heterocycles. The number of benzene rings is 1. The van der Waals surface area contributed by atoms with Crippen LogP contribution in [0.25, 0.3) is 0 Å². The van der Waals surface area contributed by atoms with E-state index in [9.17, 15) is 0 Å². The molecule has 1 unspecified atom stereocenters. The number of rotatable bonds is 7. The first-order valence-corrected chi connectivity index (χ1v) is 7.02. The van der Waals surface area contributed by atoms with Crippen LogP contribution in [0, 0.1) is 6.92 Å². The van der Waals surface area contributed by atoms with Gasteiger partial charge in [-0.05, 0) is 69.5 Å². The van der Waals surface area contributed by atoms with Gasteiger partial charge in [0.1, 0.15) is 0 Å². The van der Waals surface area contributed by atoms with Crippen LogP contribution >= 0.6 is 0 Å². The minimum absolute atomic E-state index is 0.304. The SMILES string of the molecule is Cc1cc2c(cc1CCNCCCC(C)N)OCO2. The van der Waals surface area contributed by atoms with Gasteiger partial charge in [-0.15, -0.1) is 0 Å². The van der Waals surface area contributed by atoms with Gasteiger partial charge in [-0.3, -0.25) is 0 Å².